The van der Waals surface area contributed by atoms with Crippen LogP contribution in [0.5, 0.6) is 5.75 Å². The molecular weight excluding hydrogens is 397 g/mol. The number of ether oxygens (including phenoxy) is 1. The number of halogens is 1. The van der Waals surface area contributed by atoms with E-state index in [1.807, 2.05) is 6.07 Å². The summed E-state index contributed by atoms with van der Waals surface area (Å²) in [6, 6.07) is 5.30. The molecule has 2 heterocycles. The summed E-state index contributed by atoms with van der Waals surface area (Å²) in [5.74, 6) is 0.682. The van der Waals surface area contributed by atoms with Crippen molar-refractivity contribution < 1.29 is 17.5 Å². The highest BCUT2D eigenvalue weighted by atomic mass is 32.2. The van der Waals surface area contributed by atoms with Crippen LogP contribution in [0.2, 0.25) is 0 Å². The standard InChI is InChI=1S/C19H26FN5O3S/c1-21-18-10-15(13-5-4-8-22-11-13)23-19(24-18)12-25(2)29(26,27)17-9-14(20)6-7-16(17)28-3/h6-7,9-10,13,22H,4-5,8,11-12H2,1-3H3,(H,21,23,24)/t13-/m1/s1. The second-order valence-corrected chi connectivity index (χ2v) is 8.96. The molecule has 10 heteroatoms. The van der Waals surface area contributed by atoms with Gasteiger partial charge in [0.05, 0.1) is 19.3 Å². The monoisotopic (exact) mass is 423 g/mol. The zero-order chi connectivity index (χ0) is 21.0. The third kappa shape index (κ3) is 4.82. The fourth-order valence-electron chi connectivity index (χ4n) is 3.33. The van der Waals surface area contributed by atoms with E-state index < -0.39 is 15.8 Å². The number of piperidine rings is 1. The maximum atomic E-state index is 13.7. The van der Waals surface area contributed by atoms with Crippen molar-refractivity contribution in [2.24, 2.45) is 0 Å². The first kappa shape index (κ1) is 21.4. The summed E-state index contributed by atoms with van der Waals surface area (Å²) in [6.07, 6.45) is 2.08. The Morgan fingerprint density at radius 3 is 2.79 bits per heavy atom. The minimum atomic E-state index is -4.00. The van der Waals surface area contributed by atoms with Crippen molar-refractivity contribution >= 4 is 15.8 Å². The van der Waals surface area contributed by atoms with E-state index in [2.05, 4.69) is 20.6 Å². The normalized spacial score (nSPS) is 17.3. The molecule has 1 fully saturated rings. The molecule has 3 rings (SSSR count). The Bertz CT molecular complexity index is 964. The van der Waals surface area contributed by atoms with Crippen LogP contribution >= 0.6 is 0 Å². The van der Waals surface area contributed by atoms with Gasteiger partial charge in [-0.25, -0.2) is 22.8 Å². The van der Waals surface area contributed by atoms with Gasteiger partial charge in [-0.05, 0) is 37.6 Å². The predicted molar refractivity (Wildman–Crippen MR) is 108 cm³/mol. The van der Waals surface area contributed by atoms with Gasteiger partial charge in [0.1, 0.15) is 28.1 Å². The minimum Gasteiger partial charge on any atom is -0.495 e. The van der Waals surface area contributed by atoms with Crippen molar-refractivity contribution in [1.29, 1.82) is 0 Å². The van der Waals surface area contributed by atoms with Gasteiger partial charge in [0.25, 0.3) is 0 Å². The highest BCUT2D eigenvalue weighted by Gasteiger charge is 2.27. The Labute approximate surface area is 170 Å². The third-order valence-corrected chi connectivity index (χ3v) is 6.77. The fraction of sp³-hybridized carbons (Fsp3) is 0.474. The van der Waals surface area contributed by atoms with Crippen LogP contribution in [0, 0.1) is 5.82 Å². The molecule has 2 aromatic rings. The van der Waals surface area contributed by atoms with Crippen molar-refractivity contribution in [3.05, 3.63) is 41.6 Å². The van der Waals surface area contributed by atoms with E-state index in [1.165, 1.54) is 20.2 Å². The van der Waals surface area contributed by atoms with Crippen LogP contribution in [0.25, 0.3) is 0 Å². The molecule has 1 aliphatic rings. The lowest BCUT2D eigenvalue weighted by Crippen LogP contribution is -2.30. The predicted octanol–water partition coefficient (Wildman–Crippen LogP) is 1.95. The zero-order valence-corrected chi connectivity index (χ0v) is 17.6. The first-order valence-corrected chi connectivity index (χ1v) is 10.9. The van der Waals surface area contributed by atoms with Crippen molar-refractivity contribution in [3.63, 3.8) is 0 Å². The molecule has 0 spiro atoms. The first-order valence-electron chi connectivity index (χ1n) is 9.41. The van der Waals surface area contributed by atoms with Crippen molar-refractivity contribution in [2.45, 2.75) is 30.2 Å². The number of aromatic nitrogens is 2. The van der Waals surface area contributed by atoms with Gasteiger partial charge < -0.3 is 15.4 Å². The Balaban J connectivity index is 1.89. The quantitative estimate of drug-likeness (QED) is 0.703. The second-order valence-electron chi connectivity index (χ2n) is 6.94. The largest absolute Gasteiger partial charge is 0.495 e. The molecule has 1 aromatic carbocycles. The molecule has 0 unspecified atom stereocenters. The van der Waals surface area contributed by atoms with Crippen LogP contribution in [-0.2, 0) is 16.6 Å². The molecule has 0 amide bonds. The Morgan fingerprint density at radius 2 is 2.14 bits per heavy atom. The summed E-state index contributed by atoms with van der Waals surface area (Å²) >= 11 is 0. The number of sulfonamides is 1. The van der Waals surface area contributed by atoms with E-state index in [-0.39, 0.29) is 23.1 Å². The SMILES string of the molecule is CNc1cc([C@@H]2CCCNC2)nc(CN(C)S(=O)(=O)c2cc(F)ccc2OC)n1. The fourth-order valence-corrected chi connectivity index (χ4v) is 4.62. The van der Waals surface area contributed by atoms with E-state index >= 15 is 0 Å². The van der Waals surface area contributed by atoms with Crippen LogP contribution in [0.4, 0.5) is 10.2 Å². The molecule has 1 aliphatic heterocycles. The molecule has 0 radical (unpaired) electrons. The van der Waals surface area contributed by atoms with Crippen molar-refractivity contribution in [1.82, 2.24) is 19.6 Å². The summed E-state index contributed by atoms with van der Waals surface area (Å²) in [6.45, 7) is 1.77. The van der Waals surface area contributed by atoms with Crippen molar-refractivity contribution in [2.75, 3.05) is 39.6 Å². The number of hydrogen-bond acceptors (Lipinski definition) is 7. The Hall–Kier alpha value is -2.30. The number of methoxy groups -OCH3 is 1. The smallest absolute Gasteiger partial charge is 0.247 e. The highest BCUT2D eigenvalue weighted by molar-refractivity contribution is 7.89. The van der Waals surface area contributed by atoms with Crippen LogP contribution in [0.3, 0.4) is 0 Å². The lowest BCUT2D eigenvalue weighted by atomic mass is 9.96. The van der Waals surface area contributed by atoms with Crippen molar-refractivity contribution in [3.8, 4) is 5.75 Å². The number of hydrogen-bond donors (Lipinski definition) is 2. The molecule has 0 bridgehead atoms. The molecular formula is C19H26FN5O3S. The first-order chi connectivity index (χ1) is 13.8. The summed E-state index contributed by atoms with van der Waals surface area (Å²) in [7, 11) is 0.510. The topological polar surface area (TPSA) is 96.5 Å². The Kier molecular flexibility index (Phi) is 6.66. The molecule has 1 saturated heterocycles. The molecule has 0 saturated carbocycles. The van der Waals surface area contributed by atoms with Gasteiger partial charge >= 0.3 is 0 Å². The van der Waals surface area contributed by atoms with Gasteiger partial charge in [-0.1, -0.05) is 0 Å². The third-order valence-electron chi connectivity index (χ3n) is 4.94. The lowest BCUT2D eigenvalue weighted by molar-refractivity contribution is 0.394. The lowest BCUT2D eigenvalue weighted by Gasteiger charge is -2.23. The molecule has 0 aliphatic carbocycles. The maximum absolute atomic E-state index is 13.7. The minimum absolute atomic E-state index is 0.0509. The van der Waals surface area contributed by atoms with E-state index in [0.29, 0.717) is 11.6 Å². The average Bonchev–Trinajstić information content (AvgIpc) is 2.74. The number of nitrogens with one attached hydrogen (secondary N) is 2. The number of nitrogens with zero attached hydrogens (tertiary/aromatic N) is 3. The van der Waals surface area contributed by atoms with E-state index in [4.69, 9.17) is 4.74 Å². The highest BCUT2D eigenvalue weighted by Crippen LogP contribution is 2.28. The van der Waals surface area contributed by atoms with Gasteiger partial charge in [0.15, 0.2) is 0 Å². The van der Waals surface area contributed by atoms with Gasteiger partial charge in [0.2, 0.25) is 10.0 Å². The van der Waals surface area contributed by atoms with E-state index in [9.17, 15) is 12.8 Å². The molecule has 8 nitrogen and oxygen atoms in total. The van der Waals surface area contributed by atoms with Gasteiger partial charge in [-0.15, -0.1) is 0 Å². The Morgan fingerprint density at radius 1 is 1.34 bits per heavy atom. The molecule has 2 N–H and O–H groups in total. The van der Waals surface area contributed by atoms with Crippen LogP contribution in [0.15, 0.2) is 29.2 Å². The number of anilines is 1. The molecule has 29 heavy (non-hydrogen) atoms. The van der Waals surface area contributed by atoms with E-state index in [1.54, 1.807) is 7.05 Å². The van der Waals surface area contributed by atoms with Crippen LogP contribution in [-0.4, -0.2) is 57.0 Å². The summed E-state index contributed by atoms with van der Waals surface area (Å²) in [4.78, 5) is 8.78. The number of rotatable bonds is 7. The maximum Gasteiger partial charge on any atom is 0.247 e. The summed E-state index contributed by atoms with van der Waals surface area (Å²) in [5.41, 5.74) is 0.876. The second kappa shape index (κ2) is 9.02. The van der Waals surface area contributed by atoms with Gasteiger partial charge in [-0.2, -0.15) is 4.31 Å². The van der Waals surface area contributed by atoms with Gasteiger partial charge in [-0.3, -0.25) is 0 Å². The molecule has 1 aromatic heterocycles. The summed E-state index contributed by atoms with van der Waals surface area (Å²) in [5, 5.41) is 6.37. The van der Waals surface area contributed by atoms with Crippen LogP contribution < -0.4 is 15.4 Å². The average molecular weight is 424 g/mol. The molecule has 158 valence electrons. The van der Waals surface area contributed by atoms with Gasteiger partial charge in [0, 0.05) is 32.6 Å². The summed E-state index contributed by atoms with van der Waals surface area (Å²) < 4.78 is 45.9. The number of benzene rings is 1. The van der Waals surface area contributed by atoms with E-state index in [0.717, 1.165) is 48.1 Å². The zero-order valence-electron chi connectivity index (χ0n) is 16.8. The van der Waals surface area contributed by atoms with Crippen LogP contribution in [0.1, 0.15) is 30.3 Å². The molecule has 1 atom stereocenters.